The van der Waals surface area contributed by atoms with E-state index in [-0.39, 0.29) is 5.88 Å². The van der Waals surface area contributed by atoms with Gasteiger partial charge in [0, 0.05) is 6.07 Å². The maximum Gasteiger partial charge on any atom is 0.326 e. The largest absolute Gasteiger partial charge is 0.481 e. The van der Waals surface area contributed by atoms with Gasteiger partial charge < -0.3 is 19.9 Å². The third-order valence-electron chi connectivity index (χ3n) is 1.51. The van der Waals surface area contributed by atoms with Gasteiger partial charge in [-0.2, -0.15) is 0 Å². The van der Waals surface area contributed by atoms with Crippen LogP contribution in [-0.2, 0) is 9.59 Å². The van der Waals surface area contributed by atoms with Crippen LogP contribution in [0.25, 0.3) is 0 Å². The molecule has 0 aliphatic rings. The molecule has 1 heterocycles. The first-order valence-electron chi connectivity index (χ1n) is 3.84. The summed E-state index contributed by atoms with van der Waals surface area (Å²) in [6.45, 7) is 0. The fourth-order valence-corrected chi connectivity index (χ4v) is 0.907. The number of hydrogen-bond donors (Lipinski definition) is 3. The Morgan fingerprint density at radius 2 is 2.21 bits per heavy atom. The molecule has 0 aliphatic heterocycles. The average Bonchev–Trinajstić information content (AvgIpc) is 2.54. The van der Waals surface area contributed by atoms with E-state index in [9.17, 15) is 9.59 Å². The van der Waals surface area contributed by atoms with Crippen LogP contribution in [0.5, 0.6) is 0 Å². The van der Waals surface area contributed by atoms with Crippen molar-refractivity contribution in [2.75, 3.05) is 5.32 Å². The Labute approximate surface area is 79.1 Å². The molecule has 0 amide bonds. The minimum absolute atomic E-state index is 0.235. The van der Waals surface area contributed by atoms with Crippen LogP contribution in [0, 0.1) is 0 Å². The second-order valence-corrected chi connectivity index (χ2v) is 2.61. The molecule has 1 aromatic heterocycles. The standard InChI is InChI=1S/C8H9NO5/c10-7(11)4-5(8(12)13)9-6-2-1-3-14-6/h1-3,5,9H,4H2,(H,10,11)(H,12,13)/t5-/m0/s1. The van der Waals surface area contributed by atoms with Crippen molar-refractivity contribution >= 4 is 17.8 Å². The molecule has 6 heteroatoms. The lowest BCUT2D eigenvalue weighted by atomic mass is 10.2. The summed E-state index contributed by atoms with van der Waals surface area (Å²) >= 11 is 0. The van der Waals surface area contributed by atoms with Crippen molar-refractivity contribution < 1.29 is 24.2 Å². The number of furan rings is 1. The highest BCUT2D eigenvalue weighted by Gasteiger charge is 2.21. The Morgan fingerprint density at radius 1 is 1.50 bits per heavy atom. The highest BCUT2D eigenvalue weighted by atomic mass is 16.4. The Morgan fingerprint density at radius 3 is 2.64 bits per heavy atom. The van der Waals surface area contributed by atoms with E-state index in [2.05, 4.69) is 5.32 Å². The molecule has 1 rings (SSSR count). The normalized spacial score (nSPS) is 12.0. The van der Waals surface area contributed by atoms with E-state index >= 15 is 0 Å². The van der Waals surface area contributed by atoms with Gasteiger partial charge in [0.25, 0.3) is 0 Å². The van der Waals surface area contributed by atoms with Gasteiger partial charge in [-0.1, -0.05) is 0 Å². The first kappa shape index (κ1) is 10.1. The maximum atomic E-state index is 10.6. The van der Waals surface area contributed by atoms with Crippen LogP contribution in [0.15, 0.2) is 22.8 Å². The van der Waals surface area contributed by atoms with E-state index < -0.39 is 24.4 Å². The number of hydrogen-bond acceptors (Lipinski definition) is 4. The zero-order valence-electron chi connectivity index (χ0n) is 7.14. The monoisotopic (exact) mass is 199 g/mol. The maximum absolute atomic E-state index is 10.6. The van der Waals surface area contributed by atoms with E-state index in [1.807, 2.05) is 0 Å². The number of rotatable bonds is 5. The zero-order valence-corrected chi connectivity index (χ0v) is 7.14. The molecule has 1 aromatic rings. The van der Waals surface area contributed by atoms with Crippen molar-refractivity contribution in [2.45, 2.75) is 12.5 Å². The second kappa shape index (κ2) is 4.31. The predicted octanol–water partition coefficient (Wildman–Crippen LogP) is 0.619. The Balaban J connectivity index is 2.60. The van der Waals surface area contributed by atoms with Crippen molar-refractivity contribution in [1.29, 1.82) is 0 Å². The van der Waals surface area contributed by atoms with Crippen LogP contribution in [0.1, 0.15) is 6.42 Å². The quantitative estimate of drug-likeness (QED) is 0.642. The van der Waals surface area contributed by atoms with E-state index in [0.29, 0.717) is 0 Å². The molecule has 0 radical (unpaired) electrons. The van der Waals surface area contributed by atoms with Gasteiger partial charge in [0.1, 0.15) is 6.04 Å². The predicted molar refractivity (Wildman–Crippen MR) is 46.0 cm³/mol. The van der Waals surface area contributed by atoms with Crippen LogP contribution < -0.4 is 5.32 Å². The molecule has 6 nitrogen and oxygen atoms in total. The summed E-state index contributed by atoms with van der Waals surface area (Å²) in [5, 5.41) is 19.5. The van der Waals surface area contributed by atoms with Crippen LogP contribution in [0.2, 0.25) is 0 Å². The molecule has 0 unspecified atom stereocenters. The highest BCUT2D eigenvalue weighted by molar-refractivity contribution is 5.82. The summed E-state index contributed by atoms with van der Waals surface area (Å²) in [5.41, 5.74) is 0. The molecular weight excluding hydrogens is 190 g/mol. The summed E-state index contributed by atoms with van der Waals surface area (Å²) in [6, 6.07) is 1.90. The lowest BCUT2D eigenvalue weighted by Gasteiger charge is -2.10. The number of carboxylic acids is 2. The van der Waals surface area contributed by atoms with Gasteiger partial charge in [0.15, 0.2) is 5.88 Å². The summed E-state index contributed by atoms with van der Waals surface area (Å²) in [5.74, 6) is -2.18. The SMILES string of the molecule is O=C(O)C[C@H](Nc1ccco1)C(=O)O. The van der Waals surface area contributed by atoms with Gasteiger partial charge in [0.2, 0.25) is 0 Å². The van der Waals surface area contributed by atoms with Gasteiger partial charge in [-0.3, -0.25) is 4.79 Å². The summed E-state index contributed by atoms with van der Waals surface area (Å²) in [6.07, 6.45) is 0.859. The van der Waals surface area contributed by atoms with Crippen molar-refractivity contribution in [3.8, 4) is 0 Å². The van der Waals surface area contributed by atoms with Crippen molar-refractivity contribution in [2.24, 2.45) is 0 Å². The number of carbonyl (C=O) groups is 2. The summed E-state index contributed by atoms with van der Waals surface area (Å²) in [4.78, 5) is 20.9. The van der Waals surface area contributed by atoms with Gasteiger partial charge >= 0.3 is 11.9 Å². The van der Waals surface area contributed by atoms with Gasteiger partial charge in [0.05, 0.1) is 12.7 Å². The summed E-state index contributed by atoms with van der Waals surface area (Å²) < 4.78 is 4.83. The van der Waals surface area contributed by atoms with E-state index in [1.54, 1.807) is 6.07 Å². The molecule has 0 aromatic carbocycles. The van der Waals surface area contributed by atoms with Crippen LogP contribution in [0.3, 0.4) is 0 Å². The van der Waals surface area contributed by atoms with Crippen molar-refractivity contribution in [1.82, 2.24) is 0 Å². The van der Waals surface area contributed by atoms with Crippen LogP contribution >= 0.6 is 0 Å². The van der Waals surface area contributed by atoms with E-state index in [1.165, 1.54) is 12.3 Å². The van der Waals surface area contributed by atoms with Crippen molar-refractivity contribution in [3.63, 3.8) is 0 Å². The van der Waals surface area contributed by atoms with E-state index in [4.69, 9.17) is 14.6 Å². The molecule has 76 valence electrons. The minimum atomic E-state index is -1.23. The molecule has 0 spiro atoms. The molecule has 0 saturated carbocycles. The van der Waals surface area contributed by atoms with Crippen LogP contribution in [0.4, 0.5) is 5.88 Å². The summed E-state index contributed by atoms with van der Waals surface area (Å²) in [7, 11) is 0. The molecule has 0 bridgehead atoms. The van der Waals surface area contributed by atoms with Crippen LogP contribution in [-0.4, -0.2) is 28.2 Å². The molecule has 0 saturated heterocycles. The van der Waals surface area contributed by atoms with Gasteiger partial charge in [-0.25, -0.2) is 4.79 Å². The zero-order chi connectivity index (χ0) is 10.6. The molecule has 1 atom stereocenters. The first-order chi connectivity index (χ1) is 6.59. The average molecular weight is 199 g/mol. The Bertz CT molecular complexity index is 318. The third-order valence-corrected chi connectivity index (χ3v) is 1.51. The topological polar surface area (TPSA) is 99.8 Å². The fourth-order valence-electron chi connectivity index (χ4n) is 0.907. The molecular formula is C8H9NO5. The molecule has 0 aliphatic carbocycles. The molecule has 0 fully saturated rings. The molecule has 14 heavy (non-hydrogen) atoms. The second-order valence-electron chi connectivity index (χ2n) is 2.61. The van der Waals surface area contributed by atoms with Gasteiger partial charge in [-0.15, -0.1) is 0 Å². The lowest BCUT2D eigenvalue weighted by Crippen LogP contribution is -2.31. The number of nitrogens with one attached hydrogen (secondary N) is 1. The Hall–Kier alpha value is -1.98. The smallest absolute Gasteiger partial charge is 0.326 e. The number of carboxylic acid groups (broad SMARTS) is 2. The molecule has 3 N–H and O–H groups in total. The first-order valence-corrected chi connectivity index (χ1v) is 3.84. The Kier molecular flexibility index (Phi) is 3.11. The van der Waals surface area contributed by atoms with E-state index in [0.717, 1.165) is 0 Å². The number of aliphatic carboxylic acids is 2. The van der Waals surface area contributed by atoms with Crippen molar-refractivity contribution in [3.05, 3.63) is 18.4 Å². The highest BCUT2D eigenvalue weighted by Crippen LogP contribution is 2.10. The minimum Gasteiger partial charge on any atom is -0.481 e. The fraction of sp³-hybridized carbons (Fsp3) is 0.250. The lowest BCUT2D eigenvalue weighted by molar-refractivity contribution is -0.144. The number of anilines is 1. The third kappa shape index (κ3) is 2.81. The van der Waals surface area contributed by atoms with Gasteiger partial charge in [-0.05, 0) is 6.07 Å².